The number of carboxylic acid groups (broad SMARTS) is 1. The number of rotatable bonds is 3. The van der Waals surface area contributed by atoms with Gasteiger partial charge >= 0.3 is 5.97 Å². The van der Waals surface area contributed by atoms with Crippen LogP contribution >= 0.6 is 0 Å². The summed E-state index contributed by atoms with van der Waals surface area (Å²) < 4.78 is 23.3. The van der Waals surface area contributed by atoms with Crippen molar-refractivity contribution in [2.75, 3.05) is 0 Å². The average Bonchev–Trinajstić information content (AvgIpc) is 2.27. The van der Waals surface area contributed by atoms with E-state index in [9.17, 15) is 23.4 Å². The Balaban J connectivity index is 2.59. The number of aryl methyl sites for hydroxylation is 2. The number of aliphatic hydroxyl groups is 1. The van der Waals surface area contributed by atoms with Crippen molar-refractivity contribution in [3.63, 3.8) is 0 Å². The third-order valence-corrected chi connectivity index (χ3v) is 6.22. The molecule has 1 aliphatic carbocycles. The second kappa shape index (κ2) is 4.31. The second-order valence-corrected chi connectivity index (χ2v) is 7.36. The summed E-state index contributed by atoms with van der Waals surface area (Å²) in [4.78, 5) is 11.4. The lowest BCUT2D eigenvalue weighted by Gasteiger charge is -2.40. The molecule has 0 aromatic heterocycles. The van der Waals surface area contributed by atoms with Gasteiger partial charge in [-0.25, -0.2) is 8.42 Å². The Morgan fingerprint density at radius 2 is 1.89 bits per heavy atom. The minimum absolute atomic E-state index is 0.0433. The van der Waals surface area contributed by atoms with Crippen LogP contribution in [0.4, 0.5) is 0 Å². The van der Waals surface area contributed by atoms with Gasteiger partial charge in [0.15, 0.2) is 14.6 Å². The fraction of sp³-hybridized carbons (Fsp3) is 0.462. The largest absolute Gasteiger partial charge is 0.480 e. The summed E-state index contributed by atoms with van der Waals surface area (Å²) in [5, 5.41) is 18.6. The molecule has 0 radical (unpaired) electrons. The number of aliphatic hydroxyl groups excluding tert-OH is 1. The Kier molecular flexibility index (Phi) is 3.18. The maximum atomic E-state index is 12.6. The van der Waals surface area contributed by atoms with E-state index in [1.807, 2.05) is 0 Å². The zero-order valence-corrected chi connectivity index (χ0v) is 11.6. The van der Waals surface area contributed by atoms with Crippen LogP contribution in [0.1, 0.15) is 24.0 Å². The summed E-state index contributed by atoms with van der Waals surface area (Å²) in [5.74, 6) is -1.39. The molecule has 1 fully saturated rings. The van der Waals surface area contributed by atoms with Crippen LogP contribution < -0.4 is 0 Å². The molecule has 2 N–H and O–H groups in total. The van der Waals surface area contributed by atoms with Crippen molar-refractivity contribution in [3.05, 3.63) is 29.3 Å². The van der Waals surface area contributed by atoms with Gasteiger partial charge in [0, 0.05) is 12.8 Å². The van der Waals surface area contributed by atoms with Crippen LogP contribution in [0.3, 0.4) is 0 Å². The first-order valence-corrected chi connectivity index (χ1v) is 7.42. The molecule has 104 valence electrons. The highest BCUT2D eigenvalue weighted by Gasteiger charge is 2.60. The van der Waals surface area contributed by atoms with Crippen molar-refractivity contribution >= 4 is 15.8 Å². The standard InChI is InChI=1S/C13H16O5S/c1-8-3-4-9(2)11(5-8)19(17,18)13(12(15)16)6-10(14)7-13/h3-5,10,14H,6-7H2,1-2H3,(H,15,16). The van der Waals surface area contributed by atoms with Gasteiger partial charge in [0.05, 0.1) is 11.0 Å². The van der Waals surface area contributed by atoms with Gasteiger partial charge in [-0.2, -0.15) is 0 Å². The summed E-state index contributed by atoms with van der Waals surface area (Å²) in [5.41, 5.74) is 1.28. The van der Waals surface area contributed by atoms with Gasteiger partial charge < -0.3 is 10.2 Å². The number of carboxylic acids is 1. The Bertz CT molecular complexity index is 626. The van der Waals surface area contributed by atoms with Crippen LogP contribution in [-0.2, 0) is 14.6 Å². The van der Waals surface area contributed by atoms with Gasteiger partial charge in [0.1, 0.15) is 0 Å². The summed E-state index contributed by atoms with van der Waals surface area (Å²) in [6.07, 6.45) is -1.37. The van der Waals surface area contributed by atoms with Crippen LogP contribution in [0.15, 0.2) is 23.1 Å². The highest BCUT2D eigenvalue weighted by atomic mass is 32.2. The number of sulfone groups is 1. The van der Waals surface area contributed by atoms with Crippen molar-refractivity contribution in [1.29, 1.82) is 0 Å². The lowest BCUT2D eigenvalue weighted by molar-refractivity contribution is -0.146. The minimum Gasteiger partial charge on any atom is -0.480 e. The fourth-order valence-electron chi connectivity index (χ4n) is 2.42. The third-order valence-electron chi connectivity index (χ3n) is 3.67. The number of benzene rings is 1. The molecule has 1 aromatic carbocycles. The first-order valence-electron chi connectivity index (χ1n) is 5.94. The zero-order chi connectivity index (χ0) is 14.4. The zero-order valence-electron chi connectivity index (χ0n) is 10.8. The molecule has 6 heteroatoms. The van der Waals surface area contributed by atoms with Crippen LogP contribution in [0.5, 0.6) is 0 Å². The molecule has 1 aliphatic rings. The minimum atomic E-state index is -4.01. The lowest BCUT2D eigenvalue weighted by atomic mass is 9.81. The summed E-state index contributed by atoms with van der Waals surface area (Å²) >= 11 is 0. The van der Waals surface area contributed by atoms with E-state index in [-0.39, 0.29) is 17.7 Å². The van der Waals surface area contributed by atoms with Crippen molar-refractivity contribution in [2.45, 2.75) is 42.4 Å². The molecule has 0 saturated heterocycles. The van der Waals surface area contributed by atoms with Gasteiger partial charge in [-0.15, -0.1) is 0 Å². The van der Waals surface area contributed by atoms with Gasteiger partial charge in [0.2, 0.25) is 0 Å². The maximum absolute atomic E-state index is 12.6. The second-order valence-electron chi connectivity index (χ2n) is 5.13. The molecule has 0 amide bonds. The van der Waals surface area contributed by atoms with E-state index in [0.717, 1.165) is 5.56 Å². The molecule has 0 spiro atoms. The fourth-order valence-corrected chi connectivity index (χ4v) is 4.73. The molecule has 0 bridgehead atoms. The summed E-state index contributed by atoms with van der Waals surface area (Å²) in [6.45, 7) is 3.39. The highest BCUT2D eigenvalue weighted by molar-refractivity contribution is 7.93. The quantitative estimate of drug-likeness (QED) is 0.865. The molecule has 5 nitrogen and oxygen atoms in total. The molecule has 0 unspecified atom stereocenters. The predicted octanol–water partition coefficient (Wildman–Crippen LogP) is 1.06. The van der Waals surface area contributed by atoms with E-state index in [1.165, 1.54) is 6.07 Å². The number of hydrogen-bond acceptors (Lipinski definition) is 4. The Morgan fingerprint density at radius 1 is 1.32 bits per heavy atom. The van der Waals surface area contributed by atoms with Crippen LogP contribution in [0.2, 0.25) is 0 Å². The molecule has 0 aliphatic heterocycles. The smallest absolute Gasteiger partial charge is 0.325 e. The van der Waals surface area contributed by atoms with Crippen LogP contribution in [0.25, 0.3) is 0 Å². The third kappa shape index (κ3) is 1.95. The molecule has 0 heterocycles. The molecular formula is C13H16O5S. The molecule has 1 saturated carbocycles. The van der Waals surface area contributed by atoms with Crippen LogP contribution in [-0.4, -0.2) is 35.5 Å². The highest BCUT2D eigenvalue weighted by Crippen LogP contribution is 2.44. The normalized spacial score (nSPS) is 26.8. The van der Waals surface area contributed by atoms with E-state index < -0.39 is 26.7 Å². The molecule has 0 atom stereocenters. The van der Waals surface area contributed by atoms with Crippen molar-refractivity contribution in [3.8, 4) is 0 Å². The Hall–Kier alpha value is -1.40. The van der Waals surface area contributed by atoms with Gasteiger partial charge in [0.25, 0.3) is 0 Å². The number of carbonyl (C=O) groups is 1. The van der Waals surface area contributed by atoms with Crippen molar-refractivity contribution in [1.82, 2.24) is 0 Å². The molecular weight excluding hydrogens is 268 g/mol. The van der Waals surface area contributed by atoms with E-state index in [0.29, 0.717) is 5.56 Å². The maximum Gasteiger partial charge on any atom is 0.325 e. The topological polar surface area (TPSA) is 91.7 Å². The lowest BCUT2D eigenvalue weighted by Crippen LogP contribution is -2.58. The average molecular weight is 284 g/mol. The van der Waals surface area contributed by atoms with Gasteiger partial charge in [-0.3, -0.25) is 4.79 Å². The molecule has 2 rings (SSSR count). The Morgan fingerprint density at radius 3 is 2.37 bits per heavy atom. The number of aliphatic carboxylic acids is 1. The van der Waals surface area contributed by atoms with Crippen molar-refractivity contribution < 1.29 is 23.4 Å². The van der Waals surface area contributed by atoms with E-state index >= 15 is 0 Å². The first-order chi connectivity index (χ1) is 8.70. The Labute approximate surface area is 111 Å². The number of hydrogen-bond donors (Lipinski definition) is 2. The van der Waals surface area contributed by atoms with E-state index in [4.69, 9.17) is 0 Å². The monoisotopic (exact) mass is 284 g/mol. The summed E-state index contributed by atoms with van der Waals surface area (Å²) in [7, 11) is -4.01. The SMILES string of the molecule is Cc1ccc(C)c(S(=O)(=O)C2(C(=O)O)CC(O)C2)c1. The first kappa shape index (κ1) is 14.0. The van der Waals surface area contributed by atoms with Gasteiger partial charge in [-0.05, 0) is 31.0 Å². The van der Waals surface area contributed by atoms with E-state index in [1.54, 1.807) is 26.0 Å². The van der Waals surface area contributed by atoms with Gasteiger partial charge in [-0.1, -0.05) is 12.1 Å². The van der Waals surface area contributed by atoms with Crippen LogP contribution in [0, 0.1) is 13.8 Å². The molecule has 19 heavy (non-hydrogen) atoms. The predicted molar refractivity (Wildman–Crippen MR) is 68.7 cm³/mol. The van der Waals surface area contributed by atoms with Crippen molar-refractivity contribution in [2.24, 2.45) is 0 Å². The summed E-state index contributed by atoms with van der Waals surface area (Å²) in [6, 6.07) is 4.92. The molecule has 1 aromatic rings. The van der Waals surface area contributed by atoms with E-state index in [2.05, 4.69) is 0 Å².